The highest BCUT2D eigenvalue weighted by molar-refractivity contribution is 6.00. The number of nitrogens with two attached hydrogens (primary N) is 1. The van der Waals surface area contributed by atoms with Crippen LogP contribution in [0.25, 0.3) is 5.69 Å². The molecule has 0 spiro atoms. The summed E-state index contributed by atoms with van der Waals surface area (Å²) >= 11 is 0. The van der Waals surface area contributed by atoms with E-state index >= 15 is 0 Å². The minimum absolute atomic E-state index is 0.0886. The van der Waals surface area contributed by atoms with Crippen molar-refractivity contribution in [1.29, 1.82) is 0 Å². The second kappa shape index (κ2) is 12.6. The molecule has 222 valence electrons. The van der Waals surface area contributed by atoms with Gasteiger partial charge in [0.25, 0.3) is 5.91 Å². The fraction of sp³-hybridized carbons (Fsp3) is 0.303. The van der Waals surface area contributed by atoms with Crippen molar-refractivity contribution in [2.45, 2.75) is 33.6 Å². The summed E-state index contributed by atoms with van der Waals surface area (Å²) in [6.45, 7) is 9.17. The van der Waals surface area contributed by atoms with Gasteiger partial charge in [0.05, 0.1) is 22.6 Å². The number of piperazine rings is 1. The molecule has 2 amide bonds. The van der Waals surface area contributed by atoms with E-state index in [9.17, 15) is 14.4 Å². The lowest BCUT2D eigenvalue weighted by molar-refractivity contribution is 0.0776. The molecule has 0 saturated carbocycles. The quantitative estimate of drug-likeness (QED) is 0.366. The number of carbonyl (C=O) groups is 3. The number of benzene rings is 2. The first kappa shape index (κ1) is 29.7. The number of fused-ring (bicyclic) bond motifs is 1. The first-order chi connectivity index (χ1) is 20.6. The van der Waals surface area contributed by atoms with E-state index in [0.29, 0.717) is 17.5 Å². The third-order valence-electron chi connectivity index (χ3n) is 7.66. The molecule has 4 aromatic rings. The van der Waals surface area contributed by atoms with Crippen LogP contribution in [0.4, 0.5) is 5.82 Å². The van der Waals surface area contributed by atoms with Crippen molar-refractivity contribution in [3.63, 3.8) is 0 Å². The Hall–Kier alpha value is -4.83. The molecule has 1 aliphatic heterocycles. The molecule has 2 aromatic carbocycles. The third-order valence-corrected chi connectivity index (χ3v) is 7.66. The molecule has 1 aliphatic carbocycles. The van der Waals surface area contributed by atoms with Gasteiger partial charge in [-0.05, 0) is 67.3 Å². The number of hydrogen-bond acceptors (Lipinski definition) is 7. The summed E-state index contributed by atoms with van der Waals surface area (Å²) in [6.07, 6.45) is 3.13. The Labute approximate surface area is 251 Å². The van der Waals surface area contributed by atoms with Crippen LogP contribution in [-0.2, 0) is 6.42 Å². The van der Waals surface area contributed by atoms with Gasteiger partial charge in [0.1, 0.15) is 5.82 Å². The summed E-state index contributed by atoms with van der Waals surface area (Å²) in [5.41, 5.74) is 12.4. The lowest BCUT2D eigenvalue weighted by Crippen LogP contribution is -2.53. The summed E-state index contributed by atoms with van der Waals surface area (Å²) < 4.78 is 1.86. The van der Waals surface area contributed by atoms with E-state index in [1.54, 1.807) is 30.5 Å². The van der Waals surface area contributed by atoms with E-state index in [1.807, 2.05) is 65.1 Å². The summed E-state index contributed by atoms with van der Waals surface area (Å²) in [6, 6.07) is 22.1. The van der Waals surface area contributed by atoms with Crippen LogP contribution < -0.4 is 16.1 Å². The van der Waals surface area contributed by atoms with Gasteiger partial charge in [0, 0.05) is 49.9 Å². The molecule has 1 saturated heterocycles. The Morgan fingerprint density at radius 3 is 2.14 bits per heavy atom. The number of aryl methyl sites for hydroxylation is 1. The molecule has 6 rings (SSSR count). The van der Waals surface area contributed by atoms with Gasteiger partial charge in [-0.1, -0.05) is 38.1 Å². The molecule has 3 heterocycles. The fourth-order valence-electron chi connectivity index (χ4n) is 5.51. The van der Waals surface area contributed by atoms with Crippen LogP contribution in [0, 0.1) is 12.3 Å². The van der Waals surface area contributed by atoms with Gasteiger partial charge in [0.2, 0.25) is 5.91 Å². The molecule has 3 N–H and O–H groups in total. The molecule has 0 bridgehead atoms. The number of nitrogens with one attached hydrogen (secondary N) is 1. The van der Waals surface area contributed by atoms with Crippen molar-refractivity contribution in [1.82, 2.24) is 25.2 Å². The molecule has 2 aliphatic rings. The number of amides is 2. The number of hydrogen-bond donors (Lipinski definition) is 2. The van der Waals surface area contributed by atoms with Gasteiger partial charge >= 0.3 is 0 Å². The number of ketones is 1. The maximum Gasteiger partial charge on any atom is 0.265 e. The van der Waals surface area contributed by atoms with E-state index in [1.165, 1.54) is 0 Å². The molecule has 43 heavy (non-hydrogen) atoms. The first-order valence-corrected chi connectivity index (χ1v) is 14.4. The zero-order valence-electron chi connectivity index (χ0n) is 24.8. The average molecular weight is 580 g/mol. The van der Waals surface area contributed by atoms with Gasteiger partial charge in [-0.2, -0.15) is 5.10 Å². The number of carbonyl (C=O) groups excluding carboxylic acids is 3. The predicted molar refractivity (Wildman–Crippen MR) is 165 cm³/mol. The Morgan fingerprint density at radius 1 is 0.860 bits per heavy atom. The number of hydrazine groups is 1. The second-order valence-corrected chi connectivity index (χ2v) is 11.6. The Kier molecular flexibility index (Phi) is 8.68. The molecular formula is C33H37N7O3. The lowest BCUT2D eigenvalue weighted by Gasteiger charge is -2.35. The number of primary amides is 1. The maximum absolute atomic E-state index is 12.8. The van der Waals surface area contributed by atoms with Crippen molar-refractivity contribution in [2.24, 2.45) is 11.1 Å². The first-order valence-electron chi connectivity index (χ1n) is 14.4. The molecule has 0 atom stereocenters. The Bertz CT molecular complexity index is 1590. The highest BCUT2D eigenvalue weighted by Crippen LogP contribution is 2.37. The molecule has 0 radical (unpaired) electrons. The summed E-state index contributed by atoms with van der Waals surface area (Å²) in [7, 11) is 0. The molecule has 2 aromatic heterocycles. The summed E-state index contributed by atoms with van der Waals surface area (Å²) in [5.74, 6) is 0.614. The predicted octanol–water partition coefficient (Wildman–Crippen LogP) is 3.98. The lowest BCUT2D eigenvalue weighted by atomic mass is 9.75. The van der Waals surface area contributed by atoms with Crippen LogP contribution in [0.5, 0.6) is 0 Å². The van der Waals surface area contributed by atoms with Crippen LogP contribution in [0.15, 0.2) is 79.0 Å². The van der Waals surface area contributed by atoms with E-state index in [-0.39, 0.29) is 23.0 Å². The monoisotopic (exact) mass is 579 g/mol. The number of aromatic nitrogens is 3. The van der Waals surface area contributed by atoms with Gasteiger partial charge in [-0.15, -0.1) is 0 Å². The zero-order chi connectivity index (χ0) is 30.6. The van der Waals surface area contributed by atoms with Gasteiger partial charge in [0.15, 0.2) is 5.78 Å². The number of anilines is 1. The second-order valence-electron chi connectivity index (χ2n) is 11.6. The summed E-state index contributed by atoms with van der Waals surface area (Å²) in [4.78, 5) is 42.6. The van der Waals surface area contributed by atoms with Crippen LogP contribution >= 0.6 is 0 Å². The number of nitrogens with zero attached hydrogens (tertiary/aromatic N) is 5. The van der Waals surface area contributed by atoms with Crippen LogP contribution in [0.2, 0.25) is 0 Å². The highest BCUT2D eigenvalue weighted by atomic mass is 16.2. The van der Waals surface area contributed by atoms with E-state index in [2.05, 4.69) is 34.3 Å². The van der Waals surface area contributed by atoms with Gasteiger partial charge < -0.3 is 10.6 Å². The molecule has 10 heteroatoms. The number of Topliss-reactive ketones (excluding diaryl/α,β-unsaturated/α-hetero) is 1. The smallest absolute Gasteiger partial charge is 0.265 e. The van der Waals surface area contributed by atoms with Crippen molar-refractivity contribution >= 4 is 23.4 Å². The van der Waals surface area contributed by atoms with Crippen molar-refractivity contribution in [3.8, 4) is 5.69 Å². The van der Waals surface area contributed by atoms with Crippen molar-refractivity contribution in [3.05, 3.63) is 107 Å². The van der Waals surface area contributed by atoms with E-state index < -0.39 is 0 Å². The highest BCUT2D eigenvalue weighted by Gasteiger charge is 2.35. The Balaban J connectivity index is 0.000000351. The largest absolute Gasteiger partial charge is 0.366 e. The van der Waals surface area contributed by atoms with E-state index in [0.717, 1.165) is 61.1 Å². The molecule has 0 unspecified atom stereocenters. The van der Waals surface area contributed by atoms with Crippen molar-refractivity contribution in [2.75, 3.05) is 31.1 Å². The van der Waals surface area contributed by atoms with Crippen LogP contribution in [0.1, 0.15) is 62.7 Å². The topological polar surface area (TPSA) is 126 Å². The standard InChI is InChI=1S/C26H30N6O2.C7H7NO/c1-18-24-21(16-26(2,3)17-22(24)33)32(28-18)20-9-7-19(8-10-20)25(34)29-31-14-12-30(13-15-31)23-6-4-5-11-27-23;8-7(9)6-4-2-1-3-5-6/h4-11H,12-17H2,1-3H3,(H,29,34);1-5H,(H2,8,9). The number of pyridine rings is 1. The summed E-state index contributed by atoms with van der Waals surface area (Å²) in [5, 5.41) is 6.61. The van der Waals surface area contributed by atoms with Gasteiger partial charge in [-0.3, -0.25) is 19.8 Å². The molecular weight excluding hydrogens is 542 g/mol. The van der Waals surface area contributed by atoms with E-state index in [4.69, 9.17) is 5.73 Å². The molecule has 1 fully saturated rings. The zero-order valence-corrected chi connectivity index (χ0v) is 24.8. The maximum atomic E-state index is 12.8. The minimum atomic E-state index is -0.379. The minimum Gasteiger partial charge on any atom is -0.366 e. The van der Waals surface area contributed by atoms with Crippen LogP contribution in [0.3, 0.4) is 0 Å². The number of rotatable bonds is 5. The van der Waals surface area contributed by atoms with Gasteiger partial charge in [-0.25, -0.2) is 14.7 Å². The Morgan fingerprint density at radius 2 is 1.53 bits per heavy atom. The molecule has 10 nitrogen and oxygen atoms in total. The normalized spacial score (nSPS) is 16.1. The third kappa shape index (κ3) is 6.98. The van der Waals surface area contributed by atoms with Crippen LogP contribution in [-0.4, -0.2) is 63.6 Å². The fourth-order valence-corrected chi connectivity index (χ4v) is 5.51. The SMILES string of the molecule is Cc1nn(-c2ccc(C(=O)NN3CCN(c4ccccn4)CC3)cc2)c2c1C(=O)CC(C)(C)C2.NC(=O)c1ccccc1. The van der Waals surface area contributed by atoms with Crippen molar-refractivity contribution < 1.29 is 14.4 Å². The average Bonchev–Trinajstić information content (AvgIpc) is 3.33.